The third-order valence-corrected chi connectivity index (χ3v) is 3.47. The molecular formula is C14H20N2. The van der Waals surface area contributed by atoms with E-state index in [-0.39, 0.29) is 6.04 Å². The summed E-state index contributed by atoms with van der Waals surface area (Å²) in [7, 11) is 0. The SMILES string of the molecule is CC[C@@H](N)[C@@H](C)c1c[nH]c2cc(C)ccc12. The molecule has 0 radical (unpaired) electrons. The fraction of sp³-hybridized carbons (Fsp3) is 0.429. The van der Waals surface area contributed by atoms with Crippen molar-refractivity contribution in [2.24, 2.45) is 5.73 Å². The number of nitrogens with one attached hydrogen (secondary N) is 1. The molecule has 0 aliphatic carbocycles. The number of aromatic amines is 1. The molecule has 86 valence electrons. The van der Waals surface area contributed by atoms with Gasteiger partial charge in [-0.05, 0) is 36.5 Å². The topological polar surface area (TPSA) is 41.8 Å². The van der Waals surface area contributed by atoms with Crippen LogP contribution in [0.4, 0.5) is 0 Å². The van der Waals surface area contributed by atoms with Gasteiger partial charge in [0, 0.05) is 23.1 Å². The van der Waals surface area contributed by atoms with Gasteiger partial charge in [-0.15, -0.1) is 0 Å². The molecule has 1 heterocycles. The lowest BCUT2D eigenvalue weighted by Gasteiger charge is -2.17. The highest BCUT2D eigenvalue weighted by molar-refractivity contribution is 5.84. The second-order valence-electron chi connectivity index (χ2n) is 4.65. The summed E-state index contributed by atoms with van der Waals surface area (Å²) < 4.78 is 0. The van der Waals surface area contributed by atoms with E-state index in [2.05, 4.69) is 50.2 Å². The smallest absolute Gasteiger partial charge is 0.0459 e. The van der Waals surface area contributed by atoms with Gasteiger partial charge in [0.1, 0.15) is 0 Å². The molecule has 1 aromatic heterocycles. The van der Waals surface area contributed by atoms with E-state index in [1.807, 2.05) is 0 Å². The van der Waals surface area contributed by atoms with Crippen LogP contribution < -0.4 is 5.73 Å². The average Bonchev–Trinajstić information content (AvgIpc) is 2.69. The summed E-state index contributed by atoms with van der Waals surface area (Å²) in [6, 6.07) is 6.77. The molecule has 2 rings (SSSR count). The van der Waals surface area contributed by atoms with E-state index in [1.165, 1.54) is 22.0 Å². The average molecular weight is 216 g/mol. The molecule has 0 aliphatic rings. The van der Waals surface area contributed by atoms with Gasteiger partial charge >= 0.3 is 0 Å². The van der Waals surface area contributed by atoms with Crippen molar-refractivity contribution >= 4 is 10.9 Å². The summed E-state index contributed by atoms with van der Waals surface area (Å²) >= 11 is 0. The van der Waals surface area contributed by atoms with Crippen LogP contribution in [0, 0.1) is 6.92 Å². The van der Waals surface area contributed by atoms with Crippen molar-refractivity contribution in [2.75, 3.05) is 0 Å². The molecule has 16 heavy (non-hydrogen) atoms. The predicted octanol–water partition coefficient (Wildman–Crippen LogP) is 3.32. The molecule has 3 N–H and O–H groups in total. The standard InChI is InChI=1S/C14H20N2/c1-4-13(15)10(3)12-8-16-14-7-9(2)5-6-11(12)14/h5-8,10,13,16H,4,15H2,1-3H3/t10-,13+/m0/s1. The number of benzene rings is 1. The van der Waals surface area contributed by atoms with Crippen molar-refractivity contribution in [3.05, 3.63) is 35.5 Å². The second kappa shape index (κ2) is 4.30. The maximum atomic E-state index is 6.11. The van der Waals surface area contributed by atoms with Crippen LogP contribution in [0.2, 0.25) is 0 Å². The van der Waals surface area contributed by atoms with E-state index >= 15 is 0 Å². The normalized spacial score (nSPS) is 15.2. The van der Waals surface area contributed by atoms with Crippen molar-refractivity contribution in [3.8, 4) is 0 Å². The molecule has 0 spiro atoms. The number of nitrogens with two attached hydrogens (primary N) is 1. The Labute approximate surface area is 96.9 Å². The van der Waals surface area contributed by atoms with Crippen LogP contribution in [0.1, 0.15) is 37.3 Å². The van der Waals surface area contributed by atoms with Gasteiger partial charge in [0.25, 0.3) is 0 Å². The molecule has 0 fully saturated rings. The highest BCUT2D eigenvalue weighted by atomic mass is 14.7. The number of aromatic nitrogens is 1. The van der Waals surface area contributed by atoms with Crippen molar-refractivity contribution in [3.63, 3.8) is 0 Å². The Kier molecular flexibility index (Phi) is 3.01. The van der Waals surface area contributed by atoms with Crippen LogP contribution in [0.5, 0.6) is 0 Å². The summed E-state index contributed by atoms with van der Waals surface area (Å²) in [5.74, 6) is 0.404. The number of aryl methyl sites for hydroxylation is 1. The molecule has 2 atom stereocenters. The molecule has 0 bridgehead atoms. The van der Waals surface area contributed by atoms with Crippen LogP contribution in [0.25, 0.3) is 10.9 Å². The van der Waals surface area contributed by atoms with Gasteiger partial charge in [-0.1, -0.05) is 26.0 Å². The van der Waals surface area contributed by atoms with Crippen molar-refractivity contribution < 1.29 is 0 Å². The van der Waals surface area contributed by atoms with E-state index in [1.54, 1.807) is 0 Å². The lowest BCUT2D eigenvalue weighted by Crippen LogP contribution is -2.25. The van der Waals surface area contributed by atoms with E-state index in [0.29, 0.717) is 5.92 Å². The molecule has 0 aliphatic heterocycles. The van der Waals surface area contributed by atoms with Crippen molar-refractivity contribution in [1.82, 2.24) is 4.98 Å². The Balaban J connectivity index is 2.45. The first-order chi connectivity index (χ1) is 7.63. The molecule has 2 aromatic rings. The van der Waals surface area contributed by atoms with Gasteiger partial charge in [0.2, 0.25) is 0 Å². The summed E-state index contributed by atoms with van der Waals surface area (Å²) in [5.41, 5.74) is 9.95. The highest BCUT2D eigenvalue weighted by Crippen LogP contribution is 2.28. The van der Waals surface area contributed by atoms with Crippen molar-refractivity contribution in [2.45, 2.75) is 39.2 Å². The summed E-state index contributed by atoms with van der Waals surface area (Å²) in [6.45, 7) is 6.46. The number of hydrogen-bond donors (Lipinski definition) is 2. The number of rotatable bonds is 3. The monoisotopic (exact) mass is 216 g/mol. The molecule has 1 aromatic carbocycles. The zero-order valence-electron chi connectivity index (χ0n) is 10.2. The van der Waals surface area contributed by atoms with Gasteiger partial charge in [-0.3, -0.25) is 0 Å². The lowest BCUT2D eigenvalue weighted by molar-refractivity contribution is 0.554. The van der Waals surface area contributed by atoms with Gasteiger partial charge in [0.05, 0.1) is 0 Å². The Morgan fingerprint density at radius 2 is 2.12 bits per heavy atom. The van der Waals surface area contributed by atoms with E-state index < -0.39 is 0 Å². The Morgan fingerprint density at radius 3 is 2.81 bits per heavy atom. The highest BCUT2D eigenvalue weighted by Gasteiger charge is 2.16. The van der Waals surface area contributed by atoms with Gasteiger partial charge in [-0.25, -0.2) is 0 Å². The van der Waals surface area contributed by atoms with Crippen LogP contribution in [-0.4, -0.2) is 11.0 Å². The summed E-state index contributed by atoms with van der Waals surface area (Å²) in [6.07, 6.45) is 3.12. The number of H-pyrrole nitrogens is 1. The largest absolute Gasteiger partial charge is 0.361 e. The molecule has 2 heteroatoms. The van der Waals surface area contributed by atoms with Gasteiger partial charge < -0.3 is 10.7 Å². The van der Waals surface area contributed by atoms with Crippen LogP contribution in [0.15, 0.2) is 24.4 Å². The molecule has 0 unspecified atom stereocenters. The molecule has 0 saturated heterocycles. The summed E-state index contributed by atoms with van der Waals surface area (Å²) in [5, 5.41) is 1.31. The minimum absolute atomic E-state index is 0.236. The van der Waals surface area contributed by atoms with Gasteiger partial charge in [0.15, 0.2) is 0 Å². The molecule has 0 amide bonds. The Hall–Kier alpha value is -1.28. The van der Waals surface area contributed by atoms with Crippen LogP contribution >= 0.6 is 0 Å². The number of hydrogen-bond acceptors (Lipinski definition) is 1. The molecule has 0 saturated carbocycles. The van der Waals surface area contributed by atoms with Crippen LogP contribution in [0.3, 0.4) is 0 Å². The maximum Gasteiger partial charge on any atom is 0.0459 e. The lowest BCUT2D eigenvalue weighted by atomic mass is 9.92. The maximum absolute atomic E-state index is 6.11. The quantitative estimate of drug-likeness (QED) is 0.812. The summed E-state index contributed by atoms with van der Waals surface area (Å²) in [4.78, 5) is 3.33. The third-order valence-electron chi connectivity index (χ3n) is 3.47. The first-order valence-electron chi connectivity index (χ1n) is 5.96. The first kappa shape index (κ1) is 11.2. The minimum atomic E-state index is 0.236. The molecular weight excluding hydrogens is 196 g/mol. The number of fused-ring (bicyclic) bond motifs is 1. The fourth-order valence-electron chi connectivity index (χ4n) is 2.22. The zero-order chi connectivity index (χ0) is 11.7. The first-order valence-corrected chi connectivity index (χ1v) is 5.96. The minimum Gasteiger partial charge on any atom is -0.361 e. The van der Waals surface area contributed by atoms with Crippen molar-refractivity contribution in [1.29, 1.82) is 0 Å². The van der Waals surface area contributed by atoms with E-state index in [9.17, 15) is 0 Å². The van der Waals surface area contributed by atoms with E-state index in [0.717, 1.165) is 6.42 Å². The third kappa shape index (κ3) is 1.85. The Bertz CT molecular complexity index is 484. The zero-order valence-corrected chi connectivity index (χ0v) is 10.2. The van der Waals surface area contributed by atoms with Gasteiger partial charge in [-0.2, -0.15) is 0 Å². The van der Waals surface area contributed by atoms with Crippen LogP contribution in [-0.2, 0) is 0 Å². The second-order valence-corrected chi connectivity index (χ2v) is 4.65. The predicted molar refractivity (Wildman–Crippen MR) is 69.7 cm³/mol. The Morgan fingerprint density at radius 1 is 1.38 bits per heavy atom. The van der Waals surface area contributed by atoms with E-state index in [4.69, 9.17) is 5.73 Å². The fourth-order valence-corrected chi connectivity index (χ4v) is 2.22. The molecule has 2 nitrogen and oxygen atoms in total.